The van der Waals surface area contributed by atoms with Gasteiger partial charge in [0.2, 0.25) is 0 Å². The van der Waals surface area contributed by atoms with E-state index < -0.39 is 41.4 Å². The van der Waals surface area contributed by atoms with Gasteiger partial charge in [-0.15, -0.1) is 0 Å². The number of nitrogens with zero attached hydrogens (tertiary/aromatic N) is 1. The molecule has 0 aromatic carbocycles. The van der Waals surface area contributed by atoms with E-state index in [2.05, 4.69) is 9.84 Å². The van der Waals surface area contributed by atoms with E-state index >= 15 is 0 Å². The monoisotopic (exact) mass is 286 g/mol. The second-order valence-corrected chi connectivity index (χ2v) is 3.48. The van der Waals surface area contributed by atoms with E-state index in [1.54, 1.807) is 0 Å². The molecule has 18 heavy (non-hydrogen) atoms. The lowest BCUT2D eigenvalue weighted by atomic mass is 10.1. The summed E-state index contributed by atoms with van der Waals surface area (Å²) in [5.74, 6) is -3.90. The number of ketones is 1. The van der Waals surface area contributed by atoms with Crippen molar-refractivity contribution in [2.75, 3.05) is 6.61 Å². The van der Waals surface area contributed by atoms with E-state index in [0.29, 0.717) is 0 Å². The lowest BCUT2D eigenvalue weighted by molar-refractivity contribution is -0.172. The highest BCUT2D eigenvalue weighted by molar-refractivity contribution is 6.34. The molecule has 0 saturated heterocycles. The number of rotatable bonds is 4. The van der Waals surface area contributed by atoms with Gasteiger partial charge < -0.3 is 9.84 Å². The van der Waals surface area contributed by atoms with E-state index in [-0.39, 0.29) is 0 Å². The van der Waals surface area contributed by atoms with Crippen molar-refractivity contribution in [1.82, 2.24) is 5.43 Å². The minimum Gasteiger partial charge on any atom is -0.479 e. The first-order chi connectivity index (χ1) is 8.23. The van der Waals surface area contributed by atoms with Crippen LogP contribution < -0.4 is 5.43 Å². The summed E-state index contributed by atoms with van der Waals surface area (Å²) in [6.07, 6.45) is -4.21. The first kappa shape index (κ1) is 14.3. The summed E-state index contributed by atoms with van der Waals surface area (Å²) >= 11 is 5.52. The van der Waals surface area contributed by atoms with E-state index in [0.717, 1.165) is 6.21 Å². The zero-order valence-electron chi connectivity index (χ0n) is 8.49. The standard InChI is InChI=1S/C8H6ClF3N2O4/c9-5-3(18-2-4(15)16)1-13-14-6(5)7(17)8(10,11)12/h1,6,14H,2H2,(H,15,16). The highest BCUT2D eigenvalue weighted by Gasteiger charge is 2.46. The van der Waals surface area contributed by atoms with Crippen LogP contribution in [0.2, 0.25) is 0 Å². The molecule has 0 radical (unpaired) electrons. The number of aliphatic carboxylic acids is 1. The maximum atomic E-state index is 12.2. The SMILES string of the molecule is O=C(O)COC1=C(Cl)C(C(=O)C(F)(F)F)NN=C1. The van der Waals surface area contributed by atoms with Gasteiger partial charge in [0.25, 0.3) is 5.78 Å². The Bertz CT molecular complexity index is 433. The van der Waals surface area contributed by atoms with Gasteiger partial charge in [0.1, 0.15) is 0 Å². The molecule has 2 N–H and O–H groups in total. The van der Waals surface area contributed by atoms with Crippen molar-refractivity contribution < 1.29 is 32.6 Å². The van der Waals surface area contributed by atoms with E-state index in [1.807, 2.05) is 5.43 Å². The molecule has 0 saturated carbocycles. The zero-order valence-corrected chi connectivity index (χ0v) is 9.25. The van der Waals surface area contributed by atoms with Gasteiger partial charge in [-0.05, 0) is 0 Å². The fourth-order valence-corrected chi connectivity index (χ4v) is 1.27. The van der Waals surface area contributed by atoms with Crippen LogP contribution in [0.4, 0.5) is 13.2 Å². The molecular weight excluding hydrogens is 281 g/mol. The number of carbonyl (C=O) groups excluding carboxylic acids is 1. The summed E-state index contributed by atoms with van der Waals surface area (Å²) < 4.78 is 41.2. The van der Waals surface area contributed by atoms with Gasteiger partial charge in [0, 0.05) is 0 Å². The lowest BCUT2D eigenvalue weighted by Gasteiger charge is -2.21. The maximum Gasteiger partial charge on any atom is 0.452 e. The van der Waals surface area contributed by atoms with Crippen LogP contribution in [0, 0.1) is 0 Å². The number of hydrazone groups is 1. The van der Waals surface area contributed by atoms with Crippen LogP contribution in [0.3, 0.4) is 0 Å². The molecule has 0 amide bonds. The normalized spacial score (nSPS) is 19.4. The molecule has 1 rings (SSSR count). The number of alkyl halides is 3. The number of carbonyl (C=O) groups is 2. The average molecular weight is 287 g/mol. The Morgan fingerprint density at radius 3 is 2.67 bits per heavy atom. The molecule has 10 heteroatoms. The molecule has 1 heterocycles. The smallest absolute Gasteiger partial charge is 0.452 e. The molecule has 100 valence electrons. The summed E-state index contributed by atoms with van der Waals surface area (Å²) in [6, 6.07) is -1.93. The lowest BCUT2D eigenvalue weighted by Crippen LogP contribution is -2.44. The first-order valence-corrected chi connectivity index (χ1v) is 4.75. The third-order valence-electron chi connectivity index (χ3n) is 1.77. The van der Waals surface area contributed by atoms with Crippen LogP contribution in [-0.2, 0) is 14.3 Å². The van der Waals surface area contributed by atoms with Crippen molar-refractivity contribution in [2.45, 2.75) is 12.2 Å². The molecule has 0 bridgehead atoms. The topological polar surface area (TPSA) is 88.0 Å². The van der Waals surface area contributed by atoms with E-state index in [1.165, 1.54) is 0 Å². The highest BCUT2D eigenvalue weighted by Crippen LogP contribution is 2.25. The Balaban J connectivity index is 2.88. The average Bonchev–Trinajstić information content (AvgIpc) is 2.25. The second-order valence-electron chi connectivity index (χ2n) is 3.08. The third-order valence-corrected chi connectivity index (χ3v) is 2.17. The predicted molar refractivity (Wildman–Crippen MR) is 52.9 cm³/mol. The van der Waals surface area contributed by atoms with Gasteiger partial charge in [-0.25, -0.2) is 4.79 Å². The van der Waals surface area contributed by atoms with Crippen LogP contribution in [0.25, 0.3) is 0 Å². The summed E-state index contributed by atoms with van der Waals surface area (Å²) in [5, 5.41) is 11.0. The van der Waals surface area contributed by atoms with E-state index in [4.69, 9.17) is 16.7 Å². The number of carboxylic acid groups (broad SMARTS) is 1. The fourth-order valence-electron chi connectivity index (χ4n) is 1.01. The van der Waals surface area contributed by atoms with Crippen LogP contribution >= 0.6 is 11.6 Å². The summed E-state index contributed by atoms with van der Waals surface area (Å²) in [7, 11) is 0. The van der Waals surface area contributed by atoms with E-state index in [9.17, 15) is 22.8 Å². The molecule has 0 aromatic heterocycles. The minimum absolute atomic E-state index is 0.402. The van der Waals surface area contributed by atoms with Crippen molar-refractivity contribution in [2.24, 2.45) is 5.10 Å². The Labute approximate surface area is 103 Å². The largest absolute Gasteiger partial charge is 0.479 e. The number of ether oxygens (including phenoxy) is 1. The van der Waals surface area contributed by atoms with Gasteiger partial charge in [-0.2, -0.15) is 18.3 Å². The summed E-state index contributed by atoms with van der Waals surface area (Å²) in [6.45, 7) is -0.815. The highest BCUT2D eigenvalue weighted by atomic mass is 35.5. The fraction of sp³-hybridized carbons (Fsp3) is 0.375. The number of Topliss-reactive ketones (excluding diaryl/α,β-unsaturated/α-hetero) is 1. The van der Waals surface area contributed by atoms with Crippen molar-refractivity contribution in [1.29, 1.82) is 0 Å². The molecular formula is C8H6ClF3N2O4. The second kappa shape index (κ2) is 5.25. The number of hydrogen-bond acceptors (Lipinski definition) is 5. The van der Waals surface area contributed by atoms with Crippen molar-refractivity contribution in [3.05, 3.63) is 10.8 Å². The summed E-state index contributed by atoms with van der Waals surface area (Å²) in [5.41, 5.74) is 1.88. The van der Waals surface area contributed by atoms with Crippen molar-refractivity contribution in [3.8, 4) is 0 Å². The first-order valence-electron chi connectivity index (χ1n) is 4.37. The maximum absolute atomic E-state index is 12.2. The number of allylic oxidation sites excluding steroid dienone is 1. The Morgan fingerprint density at radius 1 is 1.56 bits per heavy atom. The molecule has 6 nitrogen and oxygen atoms in total. The Kier molecular flexibility index (Phi) is 4.17. The number of nitrogens with one attached hydrogen (secondary N) is 1. The van der Waals surface area contributed by atoms with Gasteiger partial charge in [0.05, 0.1) is 11.2 Å². The number of carboxylic acids is 1. The predicted octanol–water partition coefficient (Wildman–Crippen LogP) is 0.627. The van der Waals surface area contributed by atoms with Gasteiger partial charge in [-0.3, -0.25) is 10.2 Å². The zero-order chi connectivity index (χ0) is 13.9. The molecule has 1 aliphatic heterocycles. The number of halogens is 4. The van der Waals surface area contributed by atoms with Crippen molar-refractivity contribution in [3.63, 3.8) is 0 Å². The third kappa shape index (κ3) is 3.36. The minimum atomic E-state index is -5.09. The Morgan fingerprint density at radius 2 is 2.17 bits per heavy atom. The van der Waals surface area contributed by atoms with Crippen LogP contribution in [0.15, 0.2) is 15.9 Å². The quantitative estimate of drug-likeness (QED) is 0.791. The van der Waals surface area contributed by atoms with Gasteiger partial charge in [-0.1, -0.05) is 11.6 Å². The van der Waals surface area contributed by atoms with Crippen LogP contribution in [0.5, 0.6) is 0 Å². The molecule has 0 aliphatic carbocycles. The Hall–Kier alpha value is -1.77. The van der Waals surface area contributed by atoms with Crippen molar-refractivity contribution >= 4 is 29.6 Å². The number of hydrogen-bond donors (Lipinski definition) is 2. The molecule has 0 aromatic rings. The molecule has 0 spiro atoms. The van der Waals surface area contributed by atoms with Gasteiger partial charge in [0.15, 0.2) is 18.4 Å². The molecule has 1 unspecified atom stereocenters. The van der Waals surface area contributed by atoms with Gasteiger partial charge >= 0.3 is 12.1 Å². The molecule has 0 fully saturated rings. The van der Waals surface area contributed by atoms with Crippen LogP contribution in [0.1, 0.15) is 0 Å². The molecule has 1 atom stereocenters. The molecule has 1 aliphatic rings. The summed E-state index contributed by atoms with van der Waals surface area (Å²) in [4.78, 5) is 21.2. The van der Waals surface area contributed by atoms with Crippen LogP contribution in [-0.4, -0.2) is 41.9 Å².